The van der Waals surface area contributed by atoms with Crippen LogP contribution >= 0.6 is 0 Å². The lowest BCUT2D eigenvalue weighted by Crippen LogP contribution is -1.84. The number of rotatable bonds is 3. The molecule has 0 aliphatic heterocycles. The first-order chi connectivity index (χ1) is 4.74. The zero-order valence-corrected chi connectivity index (χ0v) is 6.72. The molecular weight excluding hydrogens is 122 g/mol. The Labute approximate surface area is 62.9 Å². The van der Waals surface area contributed by atoms with E-state index in [1.165, 1.54) is 0 Å². The molecule has 0 aromatic heterocycles. The fraction of sp³-hybridized carbons (Fsp3) is 0.333. The third-order valence-corrected chi connectivity index (χ3v) is 1.36. The highest BCUT2D eigenvalue weighted by Gasteiger charge is 1.86. The van der Waals surface area contributed by atoms with Gasteiger partial charge in [-0.05, 0) is 25.1 Å². The summed E-state index contributed by atoms with van der Waals surface area (Å²) in [6.45, 7) is 7.73. The Hall–Kier alpha value is -0.980. The van der Waals surface area contributed by atoms with Crippen molar-refractivity contribution in [2.45, 2.75) is 20.3 Å². The van der Waals surface area contributed by atoms with Gasteiger partial charge in [-0.25, -0.2) is 0 Å². The minimum atomic E-state index is 0.974. The SMILES string of the molecule is C=C/C(C)=C\C(=C/N)CC. The number of allylic oxidation sites excluding steroid dienone is 4. The van der Waals surface area contributed by atoms with Gasteiger partial charge in [0.25, 0.3) is 0 Å². The van der Waals surface area contributed by atoms with Crippen LogP contribution < -0.4 is 5.73 Å². The molecule has 0 aliphatic carbocycles. The van der Waals surface area contributed by atoms with E-state index in [4.69, 9.17) is 5.73 Å². The highest BCUT2D eigenvalue weighted by atomic mass is 14.5. The Morgan fingerprint density at radius 3 is 2.50 bits per heavy atom. The van der Waals surface area contributed by atoms with Crippen molar-refractivity contribution in [1.82, 2.24) is 0 Å². The third kappa shape index (κ3) is 3.13. The van der Waals surface area contributed by atoms with Crippen LogP contribution in [0.5, 0.6) is 0 Å². The second kappa shape index (κ2) is 4.86. The molecule has 0 aromatic rings. The van der Waals surface area contributed by atoms with E-state index in [-0.39, 0.29) is 0 Å². The molecule has 0 saturated heterocycles. The van der Waals surface area contributed by atoms with Gasteiger partial charge < -0.3 is 5.73 Å². The average Bonchev–Trinajstić information content (AvgIpc) is 1.99. The summed E-state index contributed by atoms with van der Waals surface area (Å²) >= 11 is 0. The highest BCUT2D eigenvalue weighted by Crippen LogP contribution is 2.04. The van der Waals surface area contributed by atoms with E-state index in [0.29, 0.717) is 0 Å². The predicted molar refractivity (Wildman–Crippen MR) is 46.5 cm³/mol. The molecule has 0 rings (SSSR count). The van der Waals surface area contributed by atoms with Crippen LogP contribution in [0.15, 0.2) is 36.1 Å². The molecule has 56 valence electrons. The van der Waals surface area contributed by atoms with Crippen LogP contribution in [-0.2, 0) is 0 Å². The van der Waals surface area contributed by atoms with Crippen LogP contribution in [0.1, 0.15) is 20.3 Å². The van der Waals surface area contributed by atoms with Gasteiger partial charge in [-0.3, -0.25) is 0 Å². The van der Waals surface area contributed by atoms with Crippen molar-refractivity contribution in [3.8, 4) is 0 Å². The van der Waals surface area contributed by atoms with Gasteiger partial charge in [-0.1, -0.05) is 31.2 Å². The zero-order chi connectivity index (χ0) is 7.98. The van der Waals surface area contributed by atoms with E-state index >= 15 is 0 Å². The summed E-state index contributed by atoms with van der Waals surface area (Å²) in [5.41, 5.74) is 7.65. The largest absolute Gasteiger partial charge is 0.404 e. The lowest BCUT2D eigenvalue weighted by Gasteiger charge is -1.95. The lowest BCUT2D eigenvalue weighted by atomic mass is 10.1. The second-order valence-electron chi connectivity index (χ2n) is 2.19. The van der Waals surface area contributed by atoms with Gasteiger partial charge in [-0.15, -0.1) is 0 Å². The molecule has 0 spiro atoms. The van der Waals surface area contributed by atoms with E-state index in [2.05, 4.69) is 13.5 Å². The van der Waals surface area contributed by atoms with Crippen molar-refractivity contribution in [3.63, 3.8) is 0 Å². The first kappa shape index (κ1) is 9.02. The Balaban J connectivity index is 4.22. The van der Waals surface area contributed by atoms with Gasteiger partial charge in [0.1, 0.15) is 0 Å². The van der Waals surface area contributed by atoms with E-state index in [1.54, 1.807) is 6.20 Å². The van der Waals surface area contributed by atoms with Crippen molar-refractivity contribution in [1.29, 1.82) is 0 Å². The maximum atomic E-state index is 5.35. The highest BCUT2D eigenvalue weighted by molar-refractivity contribution is 5.26. The van der Waals surface area contributed by atoms with Crippen LogP contribution in [0.4, 0.5) is 0 Å². The van der Waals surface area contributed by atoms with Crippen LogP contribution in [0.2, 0.25) is 0 Å². The molecular formula is C9H15N. The predicted octanol–water partition coefficient (Wildman–Crippen LogP) is 2.37. The maximum Gasteiger partial charge on any atom is -0.00297 e. The molecule has 0 amide bonds. The molecule has 1 nitrogen and oxygen atoms in total. The number of hydrogen-bond acceptors (Lipinski definition) is 1. The van der Waals surface area contributed by atoms with E-state index in [0.717, 1.165) is 17.6 Å². The van der Waals surface area contributed by atoms with Crippen LogP contribution in [0.3, 0.4) is 0 Å². The molecule has 0 aromatic carbocycles. The summed E-state index contributed by atoms with van der Waals surface area (Å²) in [7, 11) is 0. The first-order valence-corrected chi connectivity index (χ1v) is 3.46. The van der Waals surface area contributed by atoms with Gasteiger partial charge in [0.2, 0.25) is 0 Å². The quantitative estimate of drug-likeness (QED) is 0.594. The van der Waals surface area contributed by atoms with Gasteiger partial charge in [-0.2, -0.15) is 0 Å². The van der Waals surface area contributed by atoms with Crippen LogP contribution in [-0.4, -0.2) is 0 Å². The number of nitrogens with two attached hydrogens (primary N) is 1. The summed E-state index contributed by atoms with van der Waals surface area (Å²) in [6, 6.07) is 0. The van der Waals surface area contributed by atoms with Gasteiger partial charge in [0.15, 0.2) is 0 Å². The molecule has 0 heterocycles. The summed E-state index contributed by atoms with van der Waals surface area (Å²) in [6.07, 6.45) is 6.46. The first-order valence-electron chi connectivity index (χ1n) is 3.46. The van der Waals surface area contributed by atoms with Crippen LogP contribution in [0, 0.1) is 0 Å². The fourth-order valence-electron chi connectivity index (χ4n) is 0.619. The fourth-order valence-corrected chi connectivity index (χ4v) is 0.619. The minimum Gasteiger partial charge on any atom is -0.404 e. The molecule has 0 atom stereocenters. The molecule has 0 radical (unpaired) electrons. The molecule has 2 N–H and O–H groups in total. The van der Waals surface area contributed by atoms with Gasteiger partial charge >= 0.3 is 0 Å². The Bertz CT molecular complexity index is 164. The smallest absolute Gasteiger partial charge is 0.00297 e. The van der Waals surface area contributed by atoms with Crippen molar-refractivity contribution in [2.24, 2.45) is 5.73 Å². The van der Waals surface area contributed by atoms with Gasteiger partial charge in [0, 0.05) is 0 Å². The molecule has 0 bridgehead atoms. The minimum absolute atomic E-state index is 0.974. The normalized spacial score (nSPS) is 13.4. The summed E-state index contributed by atoms with van der Waals surface area (Å²) in [5.74, 6) is 0. The van der Waals surface area contributed by atoms with Crippen molar-refractivity contribution in [2.75, 3.05) is 0 Å². The molecule has 10 heavy (non-hydrogen) atoms. The van der Waals surface area contributed by atoms with E-state index < -0.39 is 0 Å². The topological polar surface area (TPSA) is 26.0 Å². The Morgan fingerprint density at radius 2 is 2.20 bits per heavy atom. The average molecular weight is 137 g/mol. The second-order valence-corrected chi connectivity index (χ2v) is 2.19. The van der Waals surface area contributed by atoms with Crippen molar-refractivity contribution >= 4 is 0 Å². The standard InChI is InChI=1S/C9H15N/c1-4-8(3)6-9(5-2)7-10/h4,6-7H,1,5,10H2,2-3H3/b8-6-,9-7-. The van der Waals surface area contributed by atoms with Gasteiger partial charge in [0.05, 0.1) is 0 Å². The molecule has 0 unspecified atom stereocenters. The monoisotopic (exact) mass is 137 g/mol. The summed E-state index contributed by atoms with van der Waals surface area (Å²) in [5, 5.41) is 0. The molecule has 0 fully saturated rings. The van der Waals surface area contributed by atoms with Crippen LogP contribution in [0.25, 0.3) is 0 Å². The molecule has 0 aliphatic rings. The van der Waals surface area contributed by atoms with Crippen molar-refractivity contribution < 1.29 is 0 Å². The third-order valence-electron chi connectivity index (χ3n) is 1.36. The molecule has 0 saturated carbocycles. The Morgan fingerprint density at radius 1 is 1.60 bits per heavy atom. The van der Waals surface area contributed by atoms with E-state index in [1.807, 2.05) is 19.1 Å². The summed E-state index contributed by atoms with van der Waals surface area (Å²) < 4.78 is 0. The molecule has 1 heteroatoms. The summed E-state index contributed by atoms with van der Waals surface area (Å²) in [4.78, 5) is 0. The van der Waals surface area contributed by atoms with E-state index in [9.17, 15) is 0 Å². The zero-order valence-electron chi connectivity index (χ0n) is 6.72. The Kier molecular flexibility index (Phi) is 4.38. The number of hydrogen-bond donors (Lipinski definition) is 1. The lowest BCUT2D eigenvalue weighted by molar-refractivity contribution is 1.13. The maximum absolute atomic E-state index is 5.35. The van der Waals surface area contributed by atoms with Crippen molar-refractivity contribution in [3.05, 3.63) is 36.1 Å².